The molecule has 1 aromatic heterocycles. The Balaban J connectivity index is 1.55. The Bertz CT molecular complexity index is 1290. The van der Waals surface area contributed by atoms with Crippen molar-refractivity contribution >= 4 is 39.4 Å². The smallest absolute Gasteiger partial charge is 0.262 e. The number of amides is 2. The first-order chi connectivity index (χ1) is 15.0. The highest BCUT2D eigenvalue weighted by Crippen LogP contribution is 2.36. The van der Waals surface area contributed by atoms with Gasteiger partial charge in [0.05, 0.1) is 25.5 Å². The summed E-state index contributed by atoms with van der Waals surface area (Å²) in [5.74, 6) is -0.0152. The number of benzene rings is 3. The molecule has 4 aromatic rings. The molecule has 0 fully saturated rings. The van der Waals surface area contributed by atoms with Crippen LogP contribution in [-0.2, 0) is 4.79 Å². The lowest BCUT2D eigenvalue weighted by Crippen LogP contribution is -2.22. The Labute approximate surface area is 177 Å². The number of furan rings is 1. The molecule has 0 aliphatic heterocycles. The monoisotopic (exact) mass is 420 g/mol. The number of rotatable bonds is 7. The summed E-state index contributed by atoms with van der Waals surface area (Å²) in [4.78, 5) is 24.2. The molecule has 0 saturated heterocycles. The van der Waals surface area contributed by atoms with Gasteiger partial charge in [0.1, 0.15) is 28.4 Å². The maximum absolute atomic E-state index is 12.5. The van der Waals surface area contributed by atoms with Gasteiger partial charge in [-0.1, -0.05) is 18.2 Å². The highest BCUT2D eigenvalue weighted by Gasteiger charge is 2.16. The van der Waals surface area contributed by atoms with Gasteiger partial charge in [0.2, 0.25) is 0 Å². The first-order valence-electron chi connectivity index (χ1n) is 9.40. The second kappa shape index (κ2) is 8.27. The molecule has 0 aliphatic carbocycles. The molecule has 0 aliphatic rings. The molecule has 0 unspecified atom stereocenters. The van der Waals surface area contributed by atoms with Crippen molar-refractivity contribution in [1.82, 2.24) is 0 Å². The predicted octanol–water partition coefficient (Wildman–Crippen LogP) is 3.72. The van der Waals surface area contributed by atoms with Crippen molar-refractivity contribution in [2.45, 2.75) is 0 Å². The van der Waals surface area contributed by atoms with Crippen molar-refractivity contribution in [2.24, 2.45) is 5.73 Å². The number of fused-ring (bicyclic) bond motifs is 3. The molecule has 8 heteroatoms. The Morgan fingerprint density at radius 1 is 0.935 bits per heavy atom. The van der Waals surface area contributed by atoms with E-state index in [2.05, 4.69) is 5.32 Å². The fraction of sp³-hybridized carbons (Fsp3) is 0.130. The van der Waals surface area contributed by atoms with E-state index in [4.69, 9.17) is 24.4 Å². The highest BCUT2D eigenvalue weighted by atomic mass is 16.5. The standard InChI is InChI=1S/C23H20N2O6/c1-28-13-7-8-18(16(9-13)23(24)27)30-12-22(26)25-17-11-20-15(10-21(17)29-2)14-5-3-4-6-19(14)31-20/h3-11H,12H2,1-2H3,(H2,24,27)(H,25,26). The number of hydrogen-bond acceptors (Lipinski definition) is 6. The van der Waals surface area contributed by atoms with Crippen molar-refractivity contribution in [2.75, 3.05) is 26.1 Å². The molecule has 31 heavy (non-hydrogen) atoms. The van der Waals surface area contributed by atoms with Crippen molar-refractivity contribution in [1.29, 1.82) is 0 Å². The van der Waals surface area contributed by atoms with Crippen molar-refractivity contribution in [3.8, 4) is 17.2 Å². The van der Waals surface area contributed by atoms with Gasteiger partial charge in [0.15, 0.2) is 6.61 Å². The fourth-order valence-corrected chi connectivity index (χ4v) is 3.30. The molecule has 0 saturated carbocycles. The molecular formula is C23H20N2O6. The molecule has 8 nitrogen and oxygen atoms in total. The van der Waals surface area contributed by atoms with Crippen LogP contribution in [0.3, 0.4) is 0 Å². The molecule has 0 bridgehead atoms. The number of anilines is 1. The van der Waals surface area contributed by atoms with Gasteiger partial charge in [-0.15, -0.1) is 0 Å². The molecule has 1 heterocycles. The van der Waals surface area contributed by atoms with Crippen LogP contribution in [0.4, 0.5) is 5.69 Å². The predicted molar refractivity (Wildman–Crippen MR) is 116 cm³/mol. The first kappa shape index (κ1) is 20.1. The van der Waals surface area contributed by atoms with E-state index in [0.29, 0.717) is 22.8 Å². The van der Waals surface area contributed by atoms with Gasteiger partial charge in [-0.25, -0.2) is 0 Å². The van der Waals surface area contributed by atoms with Gasteiger partial charge in [0.25, 0.3) is 11.8 Å². The molecule has 0 spiro atoms. The van der Waals surface area contributed by atoms with Crippen LogP contribution in [0.2, 0.25) is 0 Å². The number of para-hydroxylation sites is 1. The van der Waals surface area contributed by atoms with Gasteiger partial charge in [-0.3, -0.25) is 9.59 Å². The molecule has 158 valence electrons. The molecular weight excluding hydrogens is 400 g/mol. The number of hydrogen-bond donors (Lipinski definition) is 2. The zero-order chi connectivity index (χ0) is 22.0. The van der Waals surface area contributed by atoms with Crippen LogP contribution in [0.5, 0.6) is 17.2 Å². The van der Waals surface area contributed by atoms with Gasteiger partial charge >= 0.3 is 0 Å². The Kier molecular flexibility index (Phi) is 5.36. The number of carbonyl (C=O) groups excluding carboxylic acids is 2. The summed E-state index contributed by atoms with van der Waals surface area (Å²) in [6, 6.07) is 15.7. The number of primary amides is 1. The van der Waals surface area contributed by atoms with Crippen LogP contribution < -0.4 is 25.3 Å². The van der Waals surface area contributed by atoms with Crippen LogP contribution in [0.25, 0.3) is 21.9 Å². The summed E-state index contributed by atoms with van der Waals surface area (Å²) in [5, 5.41) is 4.58. The quantitative estimate of drug-likeness (QED) is 0.471. The van der Waals surface area contributed by atoms with Crippen LogP contribution in [0.1, 0.15) is 10.4 Å². The van der Waals surface area contributed by atoms with E-state index < -0.39 is 11.8 Å². The third-order valence-corrected chi connectivity index (χ3v) is 4.78. The van der Waals surface area contributed by atoms with Gasteiger partial charge in [-0.05, 0) is 30.3 Å². The second-order valence-electron chi connectivity index (χ2n) is 6.71. The zero-order valence-electron chi connectivity index (χ0n) is 16.9. The van der Waals surface area contributed by atoms with Gasteiger partial charge in [0, 0.05) is 16.8 Å². The van der Waals surface area contributed by atoms with E-state index in [1.807, 2.05) is 30.3 Å². The van der Waals surface area contributed by atoms with Crippen molar-refractivity contribution in [3.05, 3.63) is 60.2 Å². The van der Waals surface area contributed by atoms with Gasteiger partial charge in [-0.2, -0.15) is 0 Å². The van der Waals surface area contributed by atoms with Gasteiger partial charge < -0.3 is 29.7 Å². The molecule has 3 aromatic carbocycles. The second-order valence-corrected chi connectivity index (χ2v) is 6.71. The summed E-state index contributed by atoms with van der Waals surface area (Å²) in [5.41, 5.74) is 7.30. The van der Waals surface area contributed by atoms with E-state index in [-0.39, 0.29) is 17.9 Å². The average Bonchev–Trinajstić information content (AvgIpc) is 3.14. The van der Waals surface area contributed by atoms with E-state index in [1.54, 1.807) is 12.1 Å². The average molecular weight is 420 g/mol. The van der Waals surface area contributed by atoms with E-state index in [0.717, 1.165) is 16.4 Å². The fourth-order valence-electron chi connectivity index (χ4n) is 3.30. The normalized spacial score (nSPS) is 10.8. The lowest BCUT2D eigenvalue weighted by Gasteiger charge is -2.13. The molecule has 2 amide bonds. The number of nitrogens with one attached hydrogen (secondary N) is 1. The van der Waals surface area contributed by atoms with Crippen molar-refractivity contribution in [3.63, 3.8) is 0 Å². The molecule has 0 atom stereocenters. The van der Waals surface area contributed by atoms with E-state index >= 15 is 0 Å². The minimum atomic E-state index is -0.689. The highest BCUT2D eigenvalue weighted by molar-refractivity contribution is 6.07. The Morgan fingerprint density at radius 3 is 2.48 bits per heavy atom. The summed E-state index contributed by atoms with van der Waals surface area (Å²) >= 11 is 0. The van der Waals surface area contributed by atoms with Crippen LogP contribution in [0, 0.1) is 0 Å². The third kappa shape index (κ3) is 3.95. The maximum Gasteiger partial charge on any atom is 0.262 e. The summed E-state index contributed by atoms with van der Waals surface area (Å²) in [6.07, 6.45) is 0. The third-order valence-electron chi connectivity index (χ3n) is 4.78. The topological polar surface area (TPSA) is 113 Å². The Morgan fingerprint density at radius 2 is 1.74 bits per heavy atom. The number of carbonyl (C=O) groups is 2. The van der Waals surface area contributed by atoms with Crippen LogP contribution >= 0.6 is 0 Å². The summed E-state index contributed by atoms with van der Waals surface area (Å²) in [7, 11) is 2.99. The van der Waals surface area contributed by atoms with E-state index in [9.17, 15) is 9.59 Å². The zero-order valence-corrected chi connectivity index (χ0v) is 16.9. The number of nitrogens with two attached hydrogens (primary N) is 1. The summed E-state index contributed by atoms with van der Waals surface area (Å²) in [6.45, 7) is -0.339. The maximum atomic E-state index is 12.5. The van der Waals surface area contributed by atoms with Crippen LogP contribution in [0.15, 0.2) is 59.0 Å². The van der Waals surface area contributed by atoms with Crippen molar-refractivity contribution < 1.29 is 28.2 Å². The molecule has 4 rings (SSSR count). The largest absolute Gasteiger partial charge is 0.497 e. The van der Waals surface area contributed by atoms with E-state index in [1.165, 1.54) is 26.4 Å². The molecule has 0 radical (unpaired) electrons. The minimum Gasteiger partial charge on any atom is -0.497 e. The lowest BCUT2D eigenvalue weighted by molar-refractivity contribution is -0.118. The SMILES string of the molecule is COc1ccc(OCC(=O)Nc2cc3oc4ccccc4c3cc2OC)c(C(N)=O)c1. The number of ether oxygens (including phenoxy) is 3. The van der Waals surface area contributed by atoms with Crippen LogP contribution in [-0.4, -0.2) is 32.6 Å². The lowest BCUT2D eigenvalue weighted by atomic mass is 10.1. The first-order valence-corrected chi connectivity index (χ1v) is 9.40. The number of methoxy groups -OCH3 is 2. The summed E-state index contributed by atoms with van der Waals surface area (Å²) < 4.78 is 21.9. The minimum absolute atomic E-state index is 0.119. The molecule has 3 N–H and O–H groups in total. The Hall–Kier alpha value is -4.20.